The van der Waals surface area contributed by atoms with Crippen molar-refractivity contribution in [3.63, 3.8) is 0 Å². The molecule has 1 heterocycles. The number of benzene rings is 1. The first-order valence-electron chi connectivity index (χ1n) is 6.22. The van der Waals surface area contributed by atoms with E-state index in [0.717, 1.165) is 0 Å². The molecule has 1 aromatic carbocycles. The van der Waals surface area contributed by atoms with Crippen LogP contribution >= 0.6 is 12.2 Å². The summed E-state index contributed by atoms with van der Waals surface area (Å²) in [5.74, 6) is 0.846. The highest BCUT2D eigenvalue weighted by Crippen LogP contribution is 2.19. The van der Waals surface area contributed by atoms with Gasteiger partial charge < -0.3 is 20.2 Å². The van der Waals surface area contributed by atoms with Crippen molar-refractivity contribution in [2.75, 3.05) is 11.9 Å². The molecule has 6 nitrogen and oxygen atoms in total. The minimum absolute atomic E-state index is 0.146. The molecule has 1 amide bonds. The van der Waals surface area contributed by atoms with Gasteiger partial charge in [-0.05, 0) is 19.1 Å². The smallest absolute Gasteiger partial charge is 0.293 e. The Labute approximate surface area is 127 Å². The summed E-state index contributed by atoms with van der Waals surface area (Å²) in [6.45, 7) is 3.55. The van der Waals surface area contributed by atoms with Gasteiger partial charge in [-0.15, -0.1) is 0 Å². The number of rotatable bonds is 5. The number of ether oxygens (including phenoxy) is 1. The number of nitrogens with one attached hydrogen (secondary N) is 1. The second-order valence-electron chi connectivity index (χ2n) is 4.38. The Morgan fingerprint density at radius 1 is 1.48 bits per heavy atom. The molecular weight excluding hydrogens is 290 g/mol. The minimum atomic E-state index is -0.361. The number of hydrogen-bond acceptors (Lipinski definition) is 5. The maximum atomic E-state index is 12.1. The van der Waals surface area contributed by atoms with Crippen LogP contribution in [0.15, 0.2) is 28.7 Å². The number of amides is 1. The van der Waals surface area contributed by atoms with Crippen molar-refractivity contribution in [2.45, 2.75) is 13.8 Å². The van der Waals surface area contributed by atoms with E-state index < -0.39 is 0 Å². The van der Waals surface area contributed by atoms with Crippen molar-refractivity contribution in [2.24, 2.45) is 5.73 Å². The van der Waals surface area contributed by atoms with Crippen LogP contribution in [0.4, 0.5) is 5.69 Å². The summed E-state index contributed by atoms with van der Waals surface area (Å²) in [4.78, 5) is 16.4. The molecule has 0 saturated heterocycles. The van der Waals surface area contributed by atoms with Crippen molar-refractivity contribution >= 4 is 28.8 Å². The second-order valence-corrected chi connectivity index (χ2v) is 4.91. The van der Waals surface area contributed by atoms with E-state index in [4.69, 9.17) is 27.1 Å². The fourth-order valence-corrected chi connectivity index (χ4v) is 1.81. The van der Waals surface area contributed by atoms with Crippen LogP contribution in [-0.4, -0.2) is 22.5 Å². The molecule has 0 radical (unpaired) electrons. The summed E-state index contributed by atoms with van der Waals surface area (Å²) < 4.78 is 10.6. The van der Waals surface area contributed by atoms with Crippen molar-refractivity contribution in [3.8, 4) is 5.75 Å². The van der Waals surface area contributed by atoms with Gasteiger partial charge >= 0.3 is 0 Å². The van der Waals surface area contributed by atoms with Crippen LogP contribution in [-0.2, 0) is 0 Å². The molecule has 0 saturated carbocycles. The molecule has 0 spiro atoms. The Hall–Kier alpha value is -2.41. The second kappa shape index (κ2) is 6.36. The van der Waals surface area contributed by atoms with Gasteiger partial charge in [0.1, 0.15) is 17.3 Å². The maximum Gasteiger partial charge on any atom is 0.293 e. The Kier molecular flexibility index (Phi) is 4.54. The summed E-state index contributed by atoms with van der Waals surface area (Å²) in [6.07, 6.45) is 0. The Bertz CT molecular complexity index is 682. The van der Waals surface area contributed by atoms with E-state index in [1.54, 1.807) is 38.1 Å². The van der Waals surface area contributed by atoms with E-state index in [9.17, 15) is 4.79 Å². The lowest BCUT2D eigenvalue weighted by Gasteiger charge is -2.08. The highest BCUT2D eigenvalue weighted by Gasteiger charge is 2.16. The average molecular weight is 305 g/mol. The summed E-state index contributed by atoms with van der Waals surface area (Å²) in [6, 6.07) is 6.92. The van der Waals surface area contributed by atoms with Gasteiger partial charge in [-0.3, -0.25) is 4.79 Å². The lowest BCUT2D eigenvalue weighted by molar-refractivity contribution is 0.0994. The van der Waals surface area contributed by atoms with Gasteiger partial charge in [0.05, 0.1) is 5.69 Å². The van der Waals surface area contributed by atoms with E-state index in [0.29, 0.717) is 23.0 Å². The molecule has 110 valence electrons. The number of aromatic nitrogens is 1. The number of carbonyl (C=O) groups excluding carboxylic acids is 1. The van der Waals surface area contributed by atoms with Gasteiger partial charge in [0.15, 0.2) is 5.89 Å². The first-order chi connectivity index (χ1) is 9.95. The Balaban J connectivity index is 2.09. The average Bonchev–Trinajstić information content (AvgIpc) is 2.76. The zero-order chi connectivity index (χ0) is 15.4. The Morgan fingerprint density at radius 3 is 2.86 bits per heavy atom. The quantitative estimate of drug-likeness (QED) is 0.823. The lowest BCUT2D eigenvalue weighted by Crippen LogP contribution is -2.18. The number of hydrogen-bond donors (Lipinski definition) is 2. The van der Waals surface area contributed by atoms with Crippen LogP contribution in [0.25, 0.3) is 0 Å². The number of aryl methyl sites for hydroxylation is 2. The van der Waals surface area contributed by atoms with Crippen molar-refractivity contribution < 1.29 is 13.9 Å². The van der Waals surface area contributed by atoms with Crippen molar-refractivity contribution in [1.29, 1.82) is 0 Å². The monoisotopic (exact) mass is 305 g/mol. The van der Waals surface area contributed by atoms with Gasteiger partial charge in [0, 0.05) is 18.7 Å². The first-order valence-corrected chi connectivity index (χ1v) is 6.63. The minimum Gasteiger partial charge on any atom is -0.486 e. The zero-order valence-corrected chi connectivity index (χ0v) is 12.5. The van der Waals surface area contributed by atoms with Gasteiger partial charge in [-0.2, -0.15) is 0 Å². The van der Waals surface area contributed by atoms with E-state index >= 15 is 0 Å². The van der Waals surface area contributed by atoms with E-state index in [1.165, 1.54) is 0 Å². The van der Waals surface area contributed by atoms with E-state index in [2.05, 4.69) is 10.3 Å². The zero-order valence-electron chi connectivity index (χ0n) is 11.7. The molecule has 0 unspecified atom stereocenters. The summed E-state index contributed by atoms with van der Waals surface area (Å²) in [5, 5.41) is 2.72. The van der Waals surface area contributed by atoms with Crippen LogP contribution in [0.5, 0.6) is 5.75 Å². The normalized spacial score (nSPS) is 10.2. The SMILES string of the molecule is Cc1nc(C)c(C(=O)Nc2cccc(OCC(N)=S)c2)o1. The molecule has 0 bridgehead atoms. The molecule has 0 aliphatic heterocycles. The van der Waals surface area contributed by atoms with Gasteiger partial charge in [-0.1, -0.05) is 18.3 Å². The van der Waals surface area contributed by atoms with Crippen molar-refractivity contribution in [1.82, 2.24) is 4.98 Å². The van der Waals surface area contributed by atoms with Gasteiger partial charge in [0.25, 0.3) is 5.91 Å². The molecule has 1 aromatic heterocycles. The molecule has 21 heavy (non-hydrogen) atoms. The van der Waals surface area contributed by atoms with Crippen LogP contribution in [0, 0.1) is 13.8 Å². The highest BCUT2D eigenvalue weighted by atomic mass is 32.1. The number of carbonyl (C=O) groups is 1. The van der Waals surface area contributed by atoms with Crippen molar-refractivity contribution in [3.05, 3.63) is 41.6 Å². The topological polar surface area (TPSA) is 90.4 Å². The largest absolute Gasteiger partial charge is 0.486 e. The number of nitrogens with two attached hydrogens (primary N) is 1. The number of thiocarbonyl (C=S) groups is 1. The summed E-state index contributed by atoms with van der Waals surface area (Å²) in [5.41, 5.74) is 6.50. The van der Waals surface area contributed by atoms with Gasteiger partial charge in [0.2, 0.25) is 5.76 Å². The molecule has 0 aliphatic carbocycles. The summed E-state index contributed by atoms with van der Waals surface area (Å²) >= 11 is 4.74. The predicted molar refractivity (Wildman–Crippen MR) is 82.7 cm³/mol. The Morgan fingerprint density at radius 2 is 2.24 bits per heavy atom. The molecule has 7 heteroatoms. The molecule has 2 rings (SSSR count). The molecule has 0 atom stereocenters. The van der Waals surface area contributed by atoms with Gasteiger partial charge in [-0.25, -0.2) is 4.98 Å². The third kappa shape index (κ3) is 4.03. The molecule has 0 aliphatic rings. The predicted octanol–water partition coefficient (Wildman–Crippen LogP) is 2.21. The molecule has 2 aromatic rings. The summed E-state index contributed by atoms with van der Waals surface area (Å²) in [7, 11) is 0. The van der Waals surface area contributed by atoms with Crippen LogP contribution < -0.4 is 15.8 Å². The fourth-order valence-electron chi connectivity index (χ4n) is 1.75. The third-order valence-corrected chi connectivity index (χ3v) is 2.70. The standard InChI is InChI=1S/C14H15N3O3S/c1-8-13(20-9(2)16-8)14(18)17-10-4-3-5-11(6-10)19-7-12(15)21/h3-6H,7H2,1-2H3,(H2,15,21)(H,17,18). The van der Waals surface area contributed by atoms with E-state index in [1.807, 2.05) is 0 Å². The van der Waals surface area contributed by atoms with E-state index in [-0.39, 0.29) is 23.3 Å². The number of nitrogens with zero attached hydrogens (tertiary/aromatic N) is 1. The fraction of sp³-hybridized carbons (Fsp3) is 0.214. The molecule has 0 fully saturated rings. The molecule has 3 N–H and O–H groups in total. The van der Waals surface area contributed by atoms with Crippen LogP contribution in [0.2, 0.25) is 0 Å². The third-order valence-electron chi connectivity index (χ3n) is 2.58. The highest BCUT2D eigenvalue weighted by molar-refractivity contribution is 7.80. The lowest BCUT2D eigenvalue weighted by atomic mass is 10.3. The number of oxazole rings is 1. The maximum absolute atomic E-state index is 12.1. The first kappa shape index (κ1) is 15.0. The van der Waals surface area contributed by atoms with Crippen LogP contribution in [0.3, 0.4) is 0 Å². The molecular formula is C14H15N3O3S. The van der Waals surface area contributed by atoms with Crippen LogP contribution in [0.1, 0.15) is 22.1 Å². The number of anilines is 1.